The Bertz CT molecular complexity index is 622. The summed E-state index contributed by atoms with van der Waals surface area (Å²) in [7, 11) is 0. The van der Waals surface area contributed by atoms with E-state index in [1.54, 1.807) is 24.3 Å². The number of azo groups is 1. The number of carbonyl (C=O) groups is 1. The van der Waals surface area contributed by atoms with Gasteiger partial charge >= 0.3 is 5.97 Å². The van der Waals surface area contributed by atoms with Crippen LogP contribution < -0.4 is 4.74 Å². The van der Waals surface area contributed by atoms with E-state index in [1.165, 1.54) is 0 Å². The fourth-order valence-electron chi connectivity index (χ4n) is 2.07. The molecule has 0 heterocycles. The number of carbonyl (C=O) groups excluding carboxylic acids is 1. The molecule has 0 radical (unpaired) electrons. The highest BCUT2D eigenvalue weighted by Gasteiger charge is 2.04. The van der Waals surface area contributed by atoms with Crippen molar-refractivity contribution in [3.8, 4) is 5.75 Å². The molecular formula is C19H22N2O2. The average molecular weight is 310 g/mol. The fraction of sp³-hybridized carbons (Fsp3) is 0.316. The summed E-state index contributed by atoms with van der Waals surface area (Å²) in [5.74, 6) is 0.365. The highest BCUT2D eigenvalue weighted by Crippen LogP contribution is 2.21. The van der Waals surface area contributed by atoms with E-state index in [0.717, 1.165) is 37.1 Å². The lowest BCUT2D eigenvalue weighted by molar-refractivity contribution is -0.134. The maximum atomic E-state index is 11.7. The second-order valence-corrected chi connectivity index (χ2v) is 5.31. The zero-order chi connectivity index (χ0) is 16.3. The lowest BCUT2D eigenvalue weighted by Gasteiger charge is -2.04. The number of hydrogen-bond acceptors (Lipinski definition) is 4. The van der Waals surface area contributed by atoms with Gasteiger partial charge in [0.2, 0.25) is 0 Å². The molecule has 0 amide bonds. The van der Waals surface area contributed by atoms with Crippen LogP contribution in [0.1, 0.15) is 39.0 Å². The Morgan fingerprint density at radius 3 is 2.17 bits per heavy atom. The van der Waals surface area contributed by atoms with Crippen molar-refractivity contribution in [2.45, 2.75) is 39.0 Å². The van der Waals surface area contributed by atoms with E-state index in [4.69, 9.17) is 4.74 Å². The SMILES string of the molecule is CCCCCCC(=O)Oc1ccc(/N=N/c2ccccc2)cc1. The van der Waals surface area contributed by atoms with Crippen molar-refractivity contribution in [2.75, 3.05) is 0 Å². The van der Waals surface area contributed by atoms with E-state index in [1.807, 2.05) is 30.3 Å². The van der Waals surface area contributed by atoms with Crippen LogP contribution in [0.15, 0.2) is 64.8 Å². The molecule has 0 fully saturated rings. The molecule has 4 heteroatoms. The molecule has 0 saturated heterocycles. The van der Waals surface area contributed by atoms with E-state index >= 15 is 0 Å². The van der Waals surface area contributed by atoms with Gasteiger partial charge in [0.1, 0.15) is 5.75 Å². The normalized spacial score (nSPS) is 10.8. The van der Waals surface area contributed by atoms with E-state index in [-0.39, 0.29) is 5.97 Å². The summed E-state index contributed by atoms with van der Waals surface area (Å²) in [5.41, 5.74) is 1.52. The van der Waals surface area contributed by atoms with Gasteiger partial charge in [-0.05, 0) is 42.8 Å². The molecule has 0 saturated carbocycles. The van der Waals surface area contributed by atoms with Crippen molar-refractivity contribution in [3.05, 3.63) is 54.6 Å². The largest absolute Gasteiger partial charge is 0.427 e. The lowest BCUT2D eigenvalue weighted by Crippen LogP contribution is -2.07. The highest BCUT2D eigenvalue weighted by molar-refractivity contribution is 5.72. The van der Waals surface area contributed by atoms with Gasteiger partial charge in [0.15, 0.2) is 0 Å². The van der Waals surface area contributed by atoms with E-state index < -0.39 is 0 Å². The monoisotopic (exact) mass is 310 g/mol. The molecule has 0 N–H and O–H groups in total. The topological polar surface area (TPSA) is 51.0 Å². The Hall–Kier alpha value is -2.49. The van der Waals surface area contributed by atoms with Crippen molar-refractivity contribution in [1.82, 2.24) is 0 Å². The molecule has 0 aliphatic rings. The third-order valence-electron chi connectivity index (χ3n) is 3.34. The number of benzene rings is 2. The maximum absolute atomic E-state index is 11.7. The van der Waals surface area contributed by atoms with E-state index in [9.17, 15) is 4.79 Å². The molecule has 0 atom stereocenters. The number of unbranched alkanes of at least 4 members (excludes halogenated alkanes) is 3. The molecule has 120 valence electrons. The lowest BCUT2D eigenvalue weighted by atomic mass is 10.1. The van der Waals surface area contributed by atoms with Crippen molar-refractivity contribution >= 4 is 17.3 Å². The molecule has 2 aromatic carbocycles. The predicted molar refractivity (Wildman–Crippen MR) is 91.5 cm³/mol. The zero-order valence-corrected chi connectivity index (χ0v) is 13.4. The van der Waals surface area contributed by atoms with Crippen LogP contribution in [0.4, 0.5) is 11.4 Å². The Balaban J connectivity index is 1.82. The number of nitrogens with zero attached hydrogens (tertiary/aromatic N) is 2. The van der Waals surface area contributed by atoms with Gasteiger partial charge in [0, 0.05) is 6.42 Å². The Morgan fingerprint density at radius 2 is 1.52 bits per heavy atom. The van der Waals surface area contributed by atoms with Crippen LogP contribution in [0.25, 0.3) is 0 Å². The van der Waals surface area contributed by atoms with Crippen LogP contribution in [-0.4, -0.2) is 5.97 Å². The summed E-state index contributed by atoms with van der Waals surface area (Å²) in [6.45, 7) is 2.15. The summed E-state index contributed by atoms with van der Waals surface area (Å²) in [6, 6.07) is 16.6. The molecule has 0 aliphatic heterocycles. The first kappa shape index (κ1) is 16.9. The highest BCUT2D eigenvalue weighted by atomic mass is 16.5. The number of rotatable bonds is 8. The van der Waals surface area contributed by atoms with Crippen molar-refractivity contribution in [1.29, 1.82) is 0 Å². The van der Waals surface area contributed by atoms with Gasteiger partial charge in [-0.1, -0.05) is 44.4 Å². The third-order valence-corrected chi connectivity index (χ3v) is 3.34. The molecule has 4 nitrogen and oxygen atoms in total. The summed E-state index contributed by atoms with van der Waals surface area (Å²) < 4.78 is 5.30. The molecule has 23 heavy (non-hydrogen) atoms. The second kappa shape index (κ2) is 9.51. The summed E-state index contributed by atoms with van der Waals surface area (Å²) in [6.07, 6.45) is 4.75. The molecule has 2 rings (SSSR count). The van der Waals surface area contributed by atoms with Crippen molar-refractivity contribution < 1.29 is 9.53 Å². The molecular weight excluding hydrogens is 288 g/mol. The smallest absolute Gasteiger partial charge is 0.311 e. The minimum Gasteiger partial charge on any atom is -0.427 e. The summed E-state index contributed by atoms with van der Waals surface area (Å²) in [5, 5.41) is 8.29. The molecule has 0 unspecified atom stereocenters. The summed E-state index contributed by atoms with van der Waals surface area (Å²) in [4.78, 5) is 11.7. The second-order valence-electron chi connectivity index (χ2n) is 5.31. The fourth-order valence-corrected chi connectivity index (χ4v) is 2.07. The quantitative estimate of drug-likeness (QED) is 0.261. The van der Waals surface area contributed by atoms with E-state index in [2.05, 4.69) is 17.2 Å². The van der Waals surface area contributed by atoms with Crippen molar-refractivity contribution in [2.24, 2.45) is 10.2 Å². The van der Waals surface area contributed by atoms with Crippen molar-refractivity contribution in [3.63, 3.8) is 0 Å². The van der Waals surface area contributed by atoms with Gasteiger partial charge in [-0.2, -0.15) is 10.2 Å². The van der Waals surface area contributed by atoms with E-state index in [0.29, 0.717) is 12.2 Å². The van der Waals surface area contributed by atoms with Crippen LogP contribution in [0.3, 0.4) is 0 Å². The van der Waals surface area contributed by atoms with Gasteiger partial charge in [-0.25, -0.2) is 0 Å². The Kier molecular flexibility index (Phi) is 6.98. The average Bonchev–Trinajstić information content (AvgIpc) is 2.59. The minimum atomic E-state index is -0.181. The van der Waals surface area contributed by atoms with Gasteiger partial charge in [-0.3, -0.25) is 4.79 Å². The predicted octanol–water partition coefficient (Wildman–Crippen LogP) is 5.98. The van der Waals surface area contributed by atoms with Gasteiger partial charge in [-0.15, -0.1) is 0 Å². The van der Waals surface area contributed by atoms with Gasteiger partial charge in [0.05, 0.1) is 11.4 Å². The molecule has 0 aromatic heterocycles. The summed E-state index contributed by atoms with van der Waals surface area (Å²) >= 11 is 0. The van der Waals surface area contributed by atoms with Crippen LogP contribution in [0, 0.1) is 0 Å². The van der Waals surface area contributed by atoms with Crippen LogP contribution in [-0.2, 0) is 4.79 Å². The first-order valence-electron chi connectivity index (χ1n) is 8.05. The maximum Gasteiger partial charge on any atom is 0.311 e. The van der Waals surface area contributed by atoms with Crippen LogP contribution in [0.2, 0.25) is 0 Å². The molecule has 0 aliphatic carbocycles. The minimum absolute atomic E-state index is 0.181. The Morgan fingerprint density at radius 1 is 0.870 bits per heavy atom. The first-order chi connectivity index (χ1) is 11.3. The van der Waals surface area contributed by atoms with Gasteiger partial charge < -0.3 is 4.74 Å². The Labute approximate surface area is 137 Å². The molecule has 2 aromatic rings. The molecule has 0 bridgehead atoms. The van der Waals surface area contributed by atoms with Gasteiger partial charge in [0.25, 0.3) is 0 Å². The van der Waals surface area contributed by atoms with Crippen LogP contribution >= 0.6 is 0 Å². The number of ether oxygens (including phenoxy) is 1. The third kappa shape index (κ3) is 6.43. The van der Waals surface area contributed by atoms with Crippen LogP contribution in [0.5, 0.6) is 5.75 Å². The first-order valence-corrected chi connectivity index (χ1v) is 8.05. The number of hydrogen-bond donors (Lipinski definition) is 0. The number of esters is 1. The molecule has 0 spiro atoms. The zero-order valence-electron chi connectivity index (χ0n) is 13.4. The standard InChI is InChI=1S/C19H22N2O2/c1-2-3-4-8-11-19(22)23-18-14-12-17(13-15-18)21-20-16-9-6-5-7-10-16/h5-7,9-10,12-15H,2-4,8,11H2,1H3/b21-20+.